The quantitative estimate of drug-likeness (QED) is 0.476. The molecular formula is C20H31NO6S. The summed E-state index contributed by atoms with van der Waals surface area (Å²) >= 11 is 0. The average Bonchev–Trinajstić information content (AvgIpc) is 2.54. The highest BCUT2D eigenvalue weighted by Gasteiger charge is 2.26. The van der Waals surface area contributed by atoms with E-state index in [0.29, 0.717) is 0 Å². The number of ether oxygens (including phenoxy) is 2. The lowest BCUT2D eigenvalue weighted by Crippen LogP contribution is -2.44. The van der Waals surface area contributed by atoms with Gasteiger partial charge in [-0.3, -0.25) is 9.00 Å². The Morgan fingerprint density at radius 1 is 1.11 bits per heavy atom. The van der Waals surface area contributed by atoms with Crippen LogP contribution >= 0.6 is 0 Å². The summed E-state index contributed by atoms with van der Waals surface area (Å²) in [6.45, 7) is 5.18. The van der Waals surface area contributed by atoms with Gasteiger partial charge in [-0.1, -0.05) is 30.3 Å². The molecule has 0 saturated heterocycles. The Morgan fingerprint density at radius 2 is 1.71 bits per heavy atom. The monoisotopic (exact) mass is 413 g/mol. The van der Waals surface area contributed by atoms with Crippen LogP contribution in [0.25, 0.3) is 0 Å². The molecule has 0 spiro atoms. The fraction of sp³-hybridized carbons (Fsp3) is 0.550. The number of hydrogen-bond acceptors (Lipinski definition) is 6. The van der Waals surface area contributed by atoms with Gasteiger partial charge in [-0.15, -0.1) is 9.93 Å². The van der Waals surface area contributed by atoms with Crippen LogP contribution < -0.4 is 5.32 Å². The van der Waals surface area contributed by atoms with Crippen molar-refractivity contribution in [1.82, 2.24) is 5.32 Å². The van der Waals surface area contributed by atoms with Gasteiger partial charge in [-0.2, -0.15) is 0 Å². The van der Waals surface area contributed by atoms with Crippen molar-refractivity contribution in [2.45, 2.75) is 51.9 Å². The number of benzene rings is 1. The lowest BCUT2D eigenvalue weighted by Gasteiger charge is -2.23. The molecule has 28 heavy (non-hydrogen) atoms. The summed E-state index contributed by atoms with van der Waals surface area (Å²) in [5, 5.41) is 2.47. The third kappa shape index (κ3) is 10.8. The van der Waals surface area contributed by atoms with E-state index in [9.17, 15) is 18.6 Å². The molecule has 1 aromatic carbocycles. The Bertz CT molecular complexity index is 720. The summed E-state index contributed by atoms with van der Waals surface area (Å²) < 4.78 is 22.3. The molecule has 1 atom stereocenters. The highest BCUT2D eigenvalue weighted by atomic mass is 32.2. The number of ketones is 1. The first-order valence-electron chi connectivity index (χ1n) is 9.11. The molecule has 1 amide bonds. The van der Waals surface area contributed by atoms with Crippen molar-refractivity contribution >= 4 is 27.8 Å². The second-order valence-electron chi connectivity index (χ2n) is 8.10. The van der Waals surface area contributed by atoms with Crippen LogP contribution in [0.2, 0.25) is 0 Å². The largest absolute Gasteiger partial charge is 0.459 e. The van der Waals surface area contributed by atoms with E-state index in [1.807, 2.05) is 30.3 Å². The Labute approximate surface area is 167 Å². The van der Waals surface area contributed by atoms with Crippen LogP contribution in [0.15, 0.2) is 30.3 Å². The summed E-state index contributed by atoms with van der Waals surface area (Å²) in [5.74, 6) is -0.913. The number of alkyl carbamates (subject to hydrolysis) is 1. The first-order valence-corrected chi connectivity index (χ1v) is 11.9. The number of carbonyl (C=O) groups excluding carboxylic acids is 3. The molecule has 0 saturated carbocycles. The molecule has 0 aliphatic carbocycles. The van der Waals surface area contributed by atoms with E-state index in [0.717, 1.165) is 5.56 Å². The number of Topliss-reactive ketones (excluding diaryl/α,β-unsaturated/α-hetero) is 1. The summed E-state index contributed by atoms with van der Waals surface area (Å²) in [7, 11) is -2.49. The van der Waals surface area contributed by atoms with E-state index in [2.05, 4.69) is 5.32 Å². The minimum absolute atomic E-state index is 0.00652. The number of carbonyl (C=O) groups is 3. The van der Waals surface area contributed by atoms with Crippen molar-refractivity contribution in [2.24, 2.45) is 0 Å². The Hall–Kier alpha value is -2.22. The van der Waals surface area contributed by atoms with Gasteiger partial charge in [0.1, 0.15) is 24.0 Å². The first kappa shape index (κ1) is 23.8. The van der Waals surface area contributed by atoms with Gasteiger partial charge in [0.05, 0.1) is 5.75 Å². The predicted octanol–water partition coefficient (Wildman–Crippen LogP) is 2.25. The fourth-order valence-electron chi connectivity index (χ4n) is 2.34. The Balaban J connectivity index is 2.72. The average molecular weight is 414 g/mol. The van der Waals surface area contributed by atoms with Crippen LogP contribution in [0.3, 0.4) is 0 Å². The van der Waals surface area contributed by atoms with Crippen molar-refractivity contribution < 1.29 is 28.1 Å². The van der Waals surface area contributed by atoms with Gasteiger partial charge in [0, 0.05) is 6.42 Å². The number of amides is 1. The topological polar surface area (TPSA) is 98.8 Å². The summed E-state index contributed by atoms with van der Waals surface area (Å²) in [6, 6.07) is 8.10. The molecule has 0 aliphatic heterocycles. The molecule has 7 nitrogen and oxygen atoms in total. The maximum Gasteiger partial charge on any atom is 0.408 e. The molecule has 0 radical (unpaired) electrons. The van der Waals surface area contributed by atoms with Gasteiger partial charge in [-0.25, -0.2) is 9.59 Å². The Morgan fingerprint density at radius 3 is 2.25 bits per heavy atom. The maximum absolute atomic E-state index is 12.5. The fourth-order valence-corrected chi connectivity index (χ4v) is 3.34. The molecule has 1 aromatic rings. The van der Waals surface area contributed by atoms with Crippen LogP contribution in [0.1, 0.15) is 39.2 Å². The van der Waals surface area contributed by atoms with Gasteiger partial charge in [-0.05, 0) is 45.3 Å². The Kier molecular flexibility index (Phi) is 8.81. The van der Waals surface area contributed by atoms with Gasteiger partial charge in [0.15, 0.2) is 0 Å². The van der Waals surface area contributed by atoms with Crippen molar-refractivity contribution in [3.63, 3.8) is 0 Å². The first-order chi connectivity index (χ1) is 12.9. The second kappa shape index (κ2) is 10.4. The van der Waals surface area contributed by atoms with Crippen molar-refractivity contribution in [1.29, 1.82) is 0 Å². The normalized spacial score (nSPS) is 13.3. The number of esters is 1. The lowest BCUT2D eigenvalue weighted by atomic mass is 10.1. The zero-order chi connectivity index (χ0) is 21.4. The van der Waals surface area contributed by atoms with E-state index in [1.54, 1.807) is 20.8 Å². The van der Waals surface area contributed by atoms with Crippen molar-refractivity contribution in [3.8, 4) is 0 Å². The van der Waals surface area contributed by atoms with Crippen molar-refractivity contribution in [2.75, 3.05) is 18.3 Å². The molecule has 0 fully saturated rings. The second-order valence-corrected chi connectivity index (χ2v) is 11.6. The smallest absolute Gasteiger partial charge is 0.408 e. The molecule has 0 aromatic heterocycles. The molecule has 0 unspecified atom stereocenters. The maximum atomic E-state index is 12.5. The van der Waals surface area contributed by atoms with Gasteiger partial charge >= 0.3 is 12.1 Å². The highest BCUT2D eigenvalue weighted by molar-refractivity contribution is 8.02. The number of hydrogen-bond donors (Lipinski definition) is 2. The molecule has 0 bridgehead atoms. The van der Waals surface area contributed by atoms with Crippen LogP contribution in [0.4, 0.5) is 4.79 Å². The van der Waals surface area contributed by atoms with Crippen LogP contribution in [0, 0.1) is 0 Å². The zero-order valence-corrected chi connectivity index (χ0v) is 18.1. The number of rotatable bonds is 9. The highest BCUT2D eigenvalue weighted by Crippen LogP contribution is 2.10. The molecule has 0 aliphatic rings. The number of nitrogens with one attached hydrogen (secondary N) is 1. The van der Waals surface area contributed by atoms with Gasteiger partial charge in [0.25, 0.3) is 0 Å². The van der Waals surface area contributed by atoms with E-state index in [1.165, 1.54) is 12.5 Å². The van der Waals surface area contributed by atoms with E-state index >= 15 is 0 Å². The third-order valence-electron chi connectivity index (χ3n) is 3.47. The summed E-state index contributed by atoms with van der Waals surface area (Å²) in [4.78, 5) is 36.5. The SMILES string of the molecule is CC(C)(C)OC(=O)N[C@@H](CCC(=O)C[SH](C)(C)=O)C(=O)OCc1ccccc1. The summed E-state index contributed by atoms with van der Waals surface area (Å²) in [6.07, 6.45) is 2.36. The summed E-state index contributed by atoms with van der Waals surface area (Å²) in [5.41, 5.74) is 0.0796. The predicted molar refractivity (Wildman–Crippen MR) is 110 cm³/mol. The lowest BCUT2D eigenvalue weighted by molar-refractivity contribution is -0.147. The molecule has 1 rings (SSSR count). The molecule has 0 heterocycles. The van der Waals surface area contributed by atoms with E-state index in [-0.39, 0.29) is 31.0 Å². The standard InChI is InChI=1S/C20H31NO6S/c1-20(2,3)27-19(24)21-17(12-11-16(22)14-28(4,5)25)18(23)26-13-15-9-7-6-8-10-15/h6-10,17,28H,11-14H2,1-5H3,(H,21,24)/t17-/m0/s1. The van der Waals surface area contributed by atoms with Gasteiger partial charge < -0.3 is 14.8 Å². The molecule has 158 valence electrons. The third-order valence-corrected chi connectivity index (χ3v) is 4.58. The van der Waals surface area contributed by atoms with Crippen LogP contribution in [-0.2, 0) is 35.6 Å². The number of thiol groups is 1. The molecule has 1 N–H and O–H groups in total. The van der Waals surface area contributed by atoms with Gasteiger partial charge in [0.2, 0.25) is 0 Å². The van der Waals surface area contributed by atoms with E-state index in [4.69, 9.17) is 9.47 Å². The van der Waals surface area contributed by atoms with Crippen LogP contribution in [0.5, 0.6) is 0 Å². The zero-order valence-electron chi connectivity index (χ0n) is 17.2. The van der Waals surface area contributed by atoms with Crippen LogP contribution in [-0.4, -0.2) is 52.0 Å². The minimum Gasteiger partial charge on any atom is -0.459 e. The van der Waals surface area contributed by atoms with E-state index < -0.39 is 33.6 Å². The molecular weight excluding hydrogens is 382 g/mol. The van der Waals surface area contributed by atoms with Crippen molar-refractivity contribution in [3.05, 3.63) is 35.9 Å². The molecule has 8 heteroatoms. The minimum atomic E-state index is -2.49.